The van der Waals surface area contributed by atoms with Crippen LogP contribution in [0.1, 0.15) is 6.92 Å². The summed E-state index contributed by atoms with van der Waals surface area (Å²) in [5.74, 6) is 0.504. The second-order valence-electron chi connectivity index (χ2n) is 6.01. The normalized spacial score (nSPS) is 14.2. The minimum absolute atomic E-state index is 0.216. The highest BCUT2D eigenvalue weighted by Crippen LogP contribution is 2.21. The van der Waals surface area contributed by atoms with E-state index in [1.807, 2.05) is 43.4 Å². The van der Waals surface area contributed by atoms with Gasteiger partial charge in [-0.3, -0.25) is 10.00 Å². The second kappa shape index (κ2) is 7.90. The molecule has 0 bridgehead atoms. The molecule has 0 radical (unpaired) electrons. The van der Waals surface area contributed by atoms with Crippen molar-refractivity contribution in [3.8, 4) is 11.3 Å². The predicted octanol–water partition coefficient (Wildman–Crippen LogP) is 2.39. The molecule has 2 aromatic rings. The van der Waals surface area contributed by atoms with Gasteiger partial charge in [0.05, 0.1) is 12.3 Å². The Hall–Kier alpha value is -3.03. The van der Waals surface area contributed by atoms with Crippen LogP contribution in [0.2, 0.25) is 0 Å². The lowest BCUT2D eigenvalue weighted by Crippen LogP contribution is -2.51. The van der Waals surface area contributed by atoms with E-state index in [4.69, 9.17) is 4.74 Å². The number of aromatic nitrogens is 2. The Morgan fingerprint density at radius 3 is 2.42 bits per heavy atom. The van der Waals surface area contributed by atoms with Crippen LogP contribution in [0.5, 0.6) is 0 Å². The molecule has 0 unspecified atom stereocenters. The summed E-state index contributed by atoms with van der Waals surface area (Å²) < 4.78 is 6.73. The molecule has 3 amide bonds. The molecule has 1 aliphatic rings. The van der Waals surface area contributed by atoms with Gasteiger partial charge in [0.1, 0.15) is 0 Å². The molecule has 1 aromatic carbocycles. The lowest BCUT2D eigenvalue weighted by atomic mass is 10.1. The Morgan fingerprint density at radius 2 is 1.77 bits per heavy atom. The van der Waals surface area contributed by atoms with Crippen molar-refractivity contribution >= 4 is 17.9 Å². The minimum atomic E-state index is -0.329. The Bertz CT molecular complexity index is 766. The van der Waals surface area contributed by atoms with E-state index in [1.165, 1.54) is 0 Å². The van der Waals surface area contributed by atoms with Crippen LogP contribution >= 0.6 is 0 Å². The number of carbonyl (C=O) groups excluding carboxylic acids is 2. The monoisotopic (exact) mass is 357 g/mol. The largest absolute Gasteiger partial charge is 0.450 e. The van der Waals surface area contributed by atoms with E-state index in [9.17, 15) is 9.59 Å². The Labute approximate surface area is 152 Å². The van der Waals surface area contributed by atoms with Crippen LogP contribution in [-0.4, -0.2) is 64.5 Å². The second-order valence-corrected chi connectivity index (χ2v) is 6.01. The van der Waals surface area contributed by atoms with Crippen LogP contribution in [0.3, 0.4) is 0 Å². The number of carbonyl (C=O) groups is 2. The van der Waals surface area contributed by atoms with E-state index in [1.54, 1.807) is 21.4 Å². The van der Waals surface area contributed by atoms with E-state index in [0.717, 1.165) is 11.3 Å². The molecular weight excluding hydrogens is 334 g/mol. The van der Waals surface area contributed by atoms with Crippen molar-refractivity contribution in [1.82, 2.24) is 19.6 Å². The zero-order valence-corrected chi connectivity index (χ0v) is 15.0. The molecule has 2 heterocycles. The Morgan fingerprint density at radius 1 is 1.12 bits per heavy atom. The zero-order chi connectivity index (χ0) is 18.5. The van der Waals surface area contributed by atoms with Crippen LogP contribution in [0, 0.1) is 0 Å². The molecule has 0 aliphatic carbocycles. The smallest absolute Gasteiger partial charge is 0.409 e. The van der Waals surface area contributed by atoms with Gasteiger partial charge in [0.15, 0.2) is 5.82 Å². The fourth-order valence-electron chi connectivity index (χ4n) is 2.90. The van der Waals surface area contributed by atoms with Gasteiger partial charge in [-0.1, -0.05) is 30.3 Å². The van der Waals surface area contributed by atoms with E-state index >= 15 is 0 Å². The lowest BCUT2D eigenvalue weighted by molar-refractivity contribution is 0.0868. The maximum absolute atomic E-state index is 12.5. The average Bonchev–Trinajstić information content (AvgIpc) is 3.03. The molecule has 1 fully saturated rings. The zero-order valence-electron chi connectivity index (χ0n) is 15.0. The van der Waals surface area contributed by atoms with Gasteiger partial charge in [-0.25, -0.2) is 9.59 Å². The van der Waals surface area contributed by atoms with Gasteiger partial charge in [-0.2, -0.15) is 5.10 Å². The lowest BCUT2D eigenvalue weighted by Gasteiger charge is -2.33. The van der Waals surface area contributed by atoms with E-state index in [2.05, 4.69) is 10.4 Å². The first-order valence-corrected chi connectivity index (χ1v) is 8.65. The average molecular weight is 357 g/mol. The molecule has 0 saturated carbocycles. The number of piperazine rings is 1. The number of aryl methyl sites for hydroxylation is 1. The van der Waals surface area contributed by atoms with Gasteiger partial charge in [-0.05, 0) is 12.5 Å². The molecule has 0 spiro atoms. The van der Waals surface area contributed by atoms with Crippen molar-refractivity contribution in [3.05, 3.63) is 36.4 Å². The maximum Gasteiger partial charge on any atom is 0.409 e. The predicted molar refractivity (Wildman–Crippen MR) is 97.8 cm³/mol. The molecule has 1 aromatic heterocycles. The van der Waals surface area contributed by atoms with E-state index in [0.29, 0.717) is 38.6 Å². The van der Waals surface area contributed by atoms with Gasteiger partial charge < -0.3 is 14.5 Å². The number of ether oxygens (including phenoxy) is 1. The molecular formula is C18H23N5O3. The van der Waals surface area contributed by atoms with Gasteiger partial charge >= 0.3 is 12.1 Å². The number of urea groups is 1. The molecule has 1 aliphatic heterocycles. The van der Waals surface area contributed by atoms with E-state index in [-0.39, 0.29) is 12.1 Å². The van der Waals surface area contributed by atoms with Crippen LogP contribution in [0.4, 0.5) is 15.4 Å². The van der Waals surface area contributed by atoms with Crippen molar-refractivity contribution in [2.75, 3.05) is 38.1 Å². The van der Waals surface area contributed by atoms with Crippen molar-refractivity contribution in [1.29, 1.82) is 0 Å². The molecule has 8 heteroatoms. The highest BCUT2D eigenvalue weighted by atomic mass is 16.6. The topological polar surface area (TPSA) is 79.7 Å². The first-order valence-electron chi connectivity index (χ1n) is 8.65. The summed E-state index contributed by atoms with van der Waals surface area (Å²) in [6, 6.07) is 11.5. The Balaban J connectivity index is 1.59. The molecule has 0 atom stereocenters. The van der Waals surface area contributed by atoms with Gasteiger partial charge in [0.2, 0.25) is 0 Å². The summed E-state index contributed by atoms with van der Waals surface area (Å²) in [4.78, 5) is 27.5. The van der Waals surface area contributed by atoms with Crippen molar-refractivity contribution in [3.63, 3.8) is 0 Å². The number of nitrogens with one attached hydrogen (secondary N) is 1. The third-order valence-corrected chi connectivity index (χ3v) is 4.28. The third-order valence-electron chi connectivity index (χ3n) is 4.28. The fourth-order valence-corrected chi connectivity index (χ4v) is 2.90. The standard InChI is InChI=1S/C18H23N5O3/c1-3-26-18(25)23-11-9-22(10-12-23)17(24)19-16-13-15(21(2)20-16)14-7-5-4-6-8-14/h4-8,13H,3,9-12H2,1-2H3,(H,19,20,24). The number of hydrogen-bond acceptors (Lipinski definition) is 4. The highest BCUT2D eigenvalue weighted by Gasteiger charge is 2.25. The SMILES string of the molecule is CCOC(=O)N1CCN(C(=O)Nc2cc(-c3ccccc3)n(C)n2)CC1. The molecule has 138 valence electrons. The molecule has 1 saturated heterocycles. The number of amides is 3. The van der Waals surface area contributed by atoms with Gasteiger partial charge in [0.25, 0.3) is 0 Å². The van der Waals surface area contributed by atoms with Gasteiger partial charge in [-0.15, -0.1) is 0 Å². The first-order chi connectivity index (χ1) is 12.6. The quantitative estimate of drug-likeness (QED) is 0.915. The first kappa shape index (κ1) is 17.8. The minimum Gasteiger partial charge on any atom is -0.450 e. The third kappa shape index (κ3) is 3.96. The summed E-state index contributed by atoms with van der Waals surface area (Å²) >= 11 is 0. The summed E-state index contributed by atoms with van der Waals surface area (Å²) in [6.07, 6.45) is -0.329. The fraction of sp³-hybridized carbons (Fsp3) is 0.389. The summed E-state index contributed by atoms with van der Waals surface area (Å²) in [6.45, 7) is 3.97. The van der Waals surface area contributed by atoms with Crippen LogP contribution < -0.4 is 5.32 Å². The molecule has 1 N–H and O–H groups in total. The summed E-state index contributed by atoms with van der Waals surface area (Å²) in [7, 11) is 1.84. The highest BCUT2D eigenvalue weighted by molar-refractivity contribution is 5.89. The van der Waals surface area contributed by atoms with Crippen LogP contribution in [-0.2, 0) is 11.8 Å². The number of benzene rings is 1. The van der Waals surface area contributed by atoms with E-state index < -0.39 is 0 Å². The number of rotatable bonds is 3. The van der Waals surface area contributed by atoms with Crippen molar-refractivity contribution < 1.29 is 14.3 Å². The van der Waals surface area contributed by atoms with Crippen LogP contribution in [0.25, 0.3) is 11.3 Å². The van der Waals surface area contributed by atoms with Crippen LogP contribution in [0.15, 0.2) is 36.4 Å². The summed E-state index contributed by atoms with van der Waals surface area (Å²) in [5, 5.41) is 7.20. The van der Waals surface area contributed by atoms with Crippen molar-refractivity contribution in [2.45, 2.75) is 6.92 Å². The molecule has 8 nitrogen and oxygen atoms in total. The number of hydrogen-bond donors (Lipinski definition) is 1. The Kier molecular flexibility index (Phi) is 5.40. The molecule has 3 rings (SSSR count). The number of nitrogens with zero attached hydrogens (tertiary/aromatic N) is 4. The summed E-state index contributed by atoms with van der Waals surface area (Å²) in [5.41, 5.74) is 1.96. The maximum atomic E-state index is 12.5. The number of anilines is 1. The van der Waals surface area contributed by atoms with Crippen molar-refractivity contribution in [2.24, 2.45) is 7.05 Å². The van der Waals surface area contributed by atoms with Gasteiger partial charge in [0, 0.05) is 39.3 Å². The molecule has 26 heavy (non-hydrogen) atoms.